The fraction of sp³-hybridized carbons (Fsp3) is 0.636. The zero-order valence-corrected chi connectivity index (χ0v) is 16.4. The Hall–Kier alpha value is -1.88. The van der Waals surface area contributed by atoms with Crippen LogP contribution in [0.25, 0.3) is 0 Å². The van der Waals surface area contributed by atoms with Gasteiger partial charge in [-0.1, -0.05) is 31.2 Å². The molecular formula is C22H31N3O2. The maximum absolute atomic E-state index is 12.8. The number of fused-ring (bicyclic) bond motifs is 5. The van der Waals surface area contributed by atoms with Gasteiger partial charge in [-0.05, 0) is 36.8 Å². The predicted octanol–water partition coefficient (Wildman–Crippen LogP) is 2.29. The quantitative estimate of drug-likeness (QED) is 0.800. The Morgan fingerprint density at radius 1 is 1.11 bits per heavy atom. The molecule has 4 aliphatic rings. The zero-order valence-electron chi connectivity index (χ0n) is 16.4. The van der Waals surface area contributed by atoms with Gasteiger partial charge >= 0.3 is 0 Å². The van der Waals surface area contributed by atoms with Gasteiger partial charge in [0.15, 0.2) is 0 Å². The molecule has 1 aromatic rings. The Labute approximate surface area is 162 Å². The summed E-state index contributed by atoms with van der Waals surface area (Å²) in [6, 6.07) is 8.78. The van der Waals surface area contributed by atoms with Crippen molar-refractivity contribution in [1.82, 2.24) is 14.7 Å². The molecule has 3 fully saturated rings. The first kappa shape index (κ1) is 18.5. The van der Waals surface area contributed by atoms with E-state index in [0.29, 0.717) is 18.4 Å². The Morgan fingerprint density at radius 2 is 1.93 bits per heavy atom. The van der Waals surface area contributed by atoms with Crippen LogP contribution in [-0.4, -0.2) is 65.3 Å². The standard InChI is InChI=1S/C22H31N3O2/c1-2-11-25-20-8-7-19(22(25)27)14-23(16-20)12-10-21(26)24-13-9-17-5-3-4-6-18(17)15-24/h3-6,19-20H,2,7-16H2,1H3/t19-,20+/m0/s1. The van der Waals surface area contributed by atoms with Crippen LogP contribution in [0.4, 0.5) is 0 Å². The molecule has 4 aliphatic heterocycles. The lowest BCUT2D eigenvalue weighted by molar-refractivity contribution is -0.139. The third-order valence-corrected chi connectivity index (χ3v) is 6.46. The van der Waals surface area contributed by atoms with E-state index in [4.69, 9.17) is 0 Å². The second-order valence-corrected chi connectivity index (χ2v) is 8.30. The highest BCUT2D eigenvalue weighted by molar-refractivity contribution is 5.80. The molecule has 5 heteroatoms. The highest BCUT2D eigenvalue weighted by Crippen LogP contribution is 2.29. The fourth-order valence-electron chi connectivity index (χ4n) is 4.97. The molecule has 0 aromatic heterocycles. The van der Waals surface area contributed by atoms with E-state index in [1.807, 2.05) is 4.90 Å². The Morgan fingerprint density at radius 3 is 2.74 bits per heavy atom. The van der Waals surface area contributed by atoms with Gasteiger partial charge < -0.3 is 9.80 Å². The number of rotatable bonds is 5. The normalized spacial score (nSPS) is 25.4. The molecule has 4 heterocycles. The van der Waals surface area contributed by atoms with E-state index in [-0.39, 0.29) is 11.8 Å². The summed E-state index contributed by atoms with van der Waals surface area (Å²) < 4.78 is 0. The van der Waals surface area contributed by atoms with Crippen LogP contribution >= 0.6 is 0 Å². The molecule has 1 aromatic carbocycles. The van der Waals surface area contributed by atoms with Crippen molar-refractivity contribution < 1.29 is 9.59 Å². The smallest absolute Gasteiger partial charge is 0.227 e. The summed E-state index contributed by atoms with van der Waals surface area (Å²) in [5, 5.41) is 0. The minimum absolute atomic E-state index is 0.132. The van der Waals surface area contributed by atoms with E-state index in [1.54, 1.807) is 0 Å². The molecule has 27 heavy (non-hydrogen) atoms. The molecule has 2 atom stereocenters. The average Bonchev–Trinajstić information content (AvgIpc) is 2.97. The lowest BCUT2D eigenvalue weighted by Crippen LogP contribution is -2.48. The van der Waals surface area contributed by atoms with Crippen LogP contribution in [0.1, 0.15) is 43.7 Å². The minimum Gasteiger partial charge on any atom is -0.338 e. The molecule has 0 unspecified atom stereocenters. The van der Waals surface area contributed by atoms with Crippen LogP contribution in [0, 0.1) is 5.92 Å². The summed E-state index contributed by atoms with van der Waals surface area (Å²) in [5.74, 6) is 0.722. The molecule has 0 radical (unpaired) electrons. The molecule has 5 nitrogen and oxygen atoms in total. The summed E-state index contributed by atoms with van der Waals surface area (Å²) in [7, 11) is 0. The number of nitrogens with zero attached hydrogens (tertiary/aromatic N) is 3. The van der Waals surface area contributed by atoms with Gasteiger partial charge in [-0.3, -0.25) is 14.5 Å². The fourth-order valence-corrected chi connectivity index (χ4v) is 4.97. The van der Waals surface area contributed by atoms with Crippen molar-refractivity contribution in [2.75, 3.05) is 32.7 Å². The first-order valence-corrected chi connectivity index (χ1v) is 10.5. The molecule has 2 bridgehead atoms. The molecule has 0 N–H and O–H groups in total. The largest absolute Gasteiger partial charge is 0.338 e. The van der Waals surface area contributed by atoms with Crippen LogP contribution in [0.3, 0.4) is 0 Å². The van der Waals surface area contributed by atoms with Gasteiger partial charge in [-0.15, -0.1) is 0 Å². The van der Waals surface area contributed by atoms with Crippen molar-refractivity contribution in [2.45, 2.75) is 51.6 Å². The third-order valence-electron chi connectivity index (χ3n) is 6.46. The van der Waals surface area contributed by atoms with Crippen LogP contribution in [0.2, 0.25) is 0 Å². The molecule has 3 saturated heterocycles. The van der Waals surface area contributed by atoms with E-state index >= 15 is 0 Å². The van der Waals surface area contributed by atoms with Crippen molar-refractivity contribution in [2.24, 2.45) is 5.92 Å². The monoisotopic (exact) mass is 369 g/mol. The molecule has 2 amide bonds. The van der Waals surface area contributed by atoms with Crippen LogP contribution in [0.5, 0.6) is 0 Å². The second kappa shape index (κ2) is 8.01. The van der Waals surface area contributed by atoms with Gasteiger partial charge in [0.1, 0.15) is 0 Å². The maximum atomic E-state index is 12.8. The van der Waals surface area contributed by atoms with Crippen molar-refractivity contribution in [3.05, 3.63) is 35.4 Å². The summed E-state index contributed by atoms with van der Waals surface area (Å²) in [4.78, 5) is 31.9. The maximum Gasteiger partial charge on any atom is 0.227 e. The predicted molar refractivity (Wildman–Crippen MR) is 105 cm³/mol. The number of carbonyl (C=O) groups excluding carboxylic acids is 2. The first-order valence-electron chi connectivity index (χ1n) is 10.5. The number of benzene rings is 1. The second-order valence-electron chi connectivity index (χ2n) is 8.30. The topological polar surface area (TPSA) is 43.9 Å². The zero-order chi connectivity index (χ0) is 18.8. The number of piperidine rings is 1. The number of carbonyl (C=O) groups is 2. The van der Waals surface area contributed by atoms with Gasteiger partial charge in [-0.2, -0.15) is 0 Å². The van der Waals surface area contributed by atoms with Gasteiger partial charge in [-0.25, -0.2) is 0 Å². The number of hydrogen-bond donors (Lipinski definition) is 0. The molecule has 146 valence electrons. The van der Waals surface area contributed by atoms with Crippen LogP contribution in [0.15, 0.2) is 24.3 Å². The summed E-state index contributed by atoms with van der Waals surface area (Å²) in [5.41, 5.74) is 2.66. The van der Waals surface area contributed by atoms with Gasteiger partial charge in [0.2, 0.25) is 11.8 Å². The minimum atomic E-state index is 0.132. The van der Waals surface area contributed by atoms with Crippen molar-refractivity contribution in [3.63, 3.8) is 0 Å². The Balaban J connectivity index is 1.33. The van der Waals surface area contributed by atoms with Gasteiger partial charge in [0, 0.05) is 51.7 Å². The molecule has 0 spiro atoms. The summed E-state index contributed by atoms with van der Waals surface area (Å²) in [6.45, 7) is 7.10. The summed E-state index contributed by atoms with van der Waals surface area (Å²) >= 11 is 0. The average molecular weight is 370 g/mol. The van der Waals surface area contributed by atoms with Gasteiger partial charge in [0.25, 0.3) is 0 Å². The van der Waals surface area contributed by atoms with Crippen molar-refractivity contribution in [1.29, 1.82) is 0 Å². The van der Waals surface area contributed by atoms with Crippen molar-refractivity contribution >= 4 is 11.8 Å². The molecule has 0 saturated carbocycles. The molecule has 5 rings (SSSR count). The molecule has 0 aliphatic carbocycles. The number of amides is 2. The van der Waals surface area contributed by atoms with Crippen LogP contribution < -0.4 is 0 Å². The van der Waals surface area contributed by atoms with Crippen LogP contribution in [-0.2, 0) is 22.6 Å². The van der Waals surface area contributed by atoms with E-state index < -0.39 is 0 Å². The van der Waals surface area contributed by atoms with Crippen molar-refractivity contribution in [3.8, 4) is 0 Å². The summed E-state index contributed by atoms with van der Waals surface area (Å²) in [6.07, 6.45) is 4.66. The number of hydrogen-bond acceptors (Lipinski definition) is 3. The van der Waals surface area contributed by atoms with E-state index in [0.717, 1.165) is 65.0 Å². The molecular weight excluding hydrogens is 338 g/mol. The SMILES string of the molecule is CCCN1C(=O)[C@H]2CC[C@@H]1CN(CCC(=O)N1CCc3ccccc3C1)C2. The highest BCUT2D eigenvalue weighted by atomic mass is 16.2. The third kappa shape index (κ3) is 3.88. The lowest BCUT2D eigenvalue weighted by atomic mass is 9.94. The lowest BCUT2D eigenvalue weighted by Gasteiger charge is -2.36. The van der Waals surface area contributed by atoms with E-state index in [1.165, 1.54) is 11.1 Å². The Bertz CT molecular complexity index is 705. The first-order chi connectivity index (χ1) is 13.2. The Kier molecular flexibility index (Phi) is 5.48. The van der Waals surface area contributed by atoms with Gasteiger partial charge in [0.05, 0.1) is 5.92 Å². The highest BCUT2D eigenvalue weighted by Gasteiger charge is 2.40. The van der Waals surface area contributed by atoms with E-state index in [9.17, 15) is 9.59 Å². The van der Waals surface area contributed by atoms with E-state index in [2.05, 4.69) is 41.0 Å².